The second-order valence-corrected chi connectivity index (χ2v) is 7.95. The fourth-order valence-corrected chi connectivity index (χ4v) is 4.74. The van der Waals surface area contributed by atoms with Gasteiger partial charge >= 0.3 is 5.97 Å². The molecule has 1 unspecified atom stereocenters. The Labute approximate surface area is 186 Å². The van der Waals surface area contributed by atoms with Crippen molar-refractivity contribution in [3.63, 3.8) is 0 Å². The van der Waals surface area contributed by atoms with Crippen LogP contribution in [0.2, 0.25) is 0 Å². The summed E-state index contributed by atoms with van der Waals surface area (Å²) in [6.07, 6.45) is 3.16. The Kier molecular flexibility index (Phi) is 5.27. The zero-order chi connectivity index (χ0) is 22.2. The van der Waals surface area contributed by atoms with Gasteiger partial charge in [-0.2, -0.15) is 0 Å². The maximum atomic E-state index is 12.6. The number of hydrogen-bond donors (Lipinski definition) is 0. The van der Waals surface area contributed by atoms with Gasteiger partial charge in [0.1, 0.15) is 0 Å². The van der Waals surface area contributed by atoms with Crippen LogP contribution < -0.4 is 18.9 Å². The summed E-state index contributed by atoms with van der Waals surface area (Å²) in [5.74, 6) is 2.11. The van der Waals surface area contributed by atoms with Crippen molar-refractivity contribution in [2.45, 2.75) is 25.4 Å². The summed E-state index contributed by atoms with van der Waals surface area (Å²) < 4.78 is 27.5. The normalized spacial score (nSPS) is 17.0. The average molecular weight is 435 g/mol. The van der Waals surface area contributed by atoms with Gasteiger partial charge in [-0.15, -0.1) is 0 Å². The molecule has 0 radical (unpaired) electrons. The van der Waals surface area contributed by atoms with Crippen molar-refractivity contribution in [3.05, 3.63) is 70.7 Å². The summed E-state index contributed by atoms with van der Waals surface area (Å²) >= 11 is 0. The summed E-state index contributed by atoms with van der Waals surface area (Å²) in [7, 11) is 4.90. The van der Waals surface area contributed by atoms with E-state index >= 15 is 0 Å². The second kappa shape index (κ2) is 8.24. The van der Waals surface area contributed by atoms with Crippen LogP contribution in [-0.2, 0) is 19.4 Å². The van der Waals surface area contributed by atoms with Gasteiger partial charge in [0.15, 0.2) is 23.0 Å². The standard InChI is InChI=1S/C25H25NO6/c1-28-20-7-6-15-11-19-17-13-23(30-3)22(29-2)12-16(17)8-9-26(19)14-18(15)24(20)32-25(27)21-5-4-10-31-21/h4-7,10,12-13,19H,8-9,11,14H2,1-3H3. The van der Waals surface area contributed by atoms with E-state index in [2.05, 4.69) is 23.1 Å². The Balaban J connectivity index is 1.52. The van der Waals surface area contributed by atoms with Crippen LogP contribution in [0.1, 0.15) is 38.9 Å². The number of nitrogens with zero attached hydrogens (tertiary/aromatic N) is 1. The third-order valence-electron chi connectivity index (χ3n) is 6.35. The number of fused-ring (bicyclic) bond motifs is 4. The van der Waals surface area contributed by atoms with E-state index in [4.69, 9.17) is 23.4 Å². The number of esters is 1. The maximum Gasteiger partial charge on any atom is 0.379 e. The van der Waals surface area contributed by atoms with Crippen LogP contribution in [0.3, 0.4) is 0 Å². The minimum absolute atomic E-state index is 0.159. The van der Waals surface area contributed by atoms with E-state index in [-0.39, 0.29) is 11.8 Å². The summed E-state index contributed by atoms with van der Waals surface area (Å²) in [5.41, 5.74) is 4.65. The number of rotatable bonds is 5. The Morgan fingerprint density at radius 3 is 2.50 bits per heavy atom. The highest BCUT2D eigenvalue weighted by Gasteiger charge is 2.35. The van der Waals surface area contributed by atoms with Gasteiger partial charge in [-0.3, -0.25) is 4.90 Å². The maximum absolute atomic E-state index is 12.6. The Morgan fingerprint density at radius 2 is 1.78 bits per heavy atom. The monoisotopic (exact) mass is 435 g/mol. The van der Waals surface area contributed by atoms with E-state index in [1.807, 2.05) is 6.07 Å². The number of methoxy groups -OCH3 is 3. The van der Waals surface area contributed by atoms with Gasteiger partial charge in [0.2, 0.25) is 5.76 Å². The van der Waals surface area contributed by atoms with Crippen molar-refractivity contribution in [2.24, 2.45) is 0 Å². The molecular formula is C25H25NO6. The fourth-order valence-electron chi connectivity index (χ4n) is 4.74. The number of hydrogen-bond acceptors (Lipinski definition) is 7. The first-order chi connectivity index (χ1) is 15.6. The molecule has 2 aliphatic rings. The van der Waals surface area contributed by atoms with Gasteiger partial charge in [-0.05, 0) is 59.9 Å². The topological polar surface area (TPSA) is 70.4 Å². The minimum Gasteiger partial charge on any atom is -0.493 e. The van der Waals surface area contributed by atoms with Crippen LogP contribution >= 0.6 is 0 Å². The molecule has 0 amide bonds. The van der Waals surface area contributed by atoms with Crippen molar-refractivity contribution < 1.29 is 28.2 Å². The summed E-state index contributed by atoms with van der Waals surface area (Å²) in [6.45, 7) is 1.56. The number of ether oxygens (including phenoxy) is 4. The van der Waals surface area contributed by atoms with Gasteiger partial charge in [0.25, 0.3) is 0 Å². The predicted molar refractivity (Wildman–Crippen MR) is 117 cm³/mol. The molecule has 3 heterocycles. The zero-order valence-corrected chi connectivity index (χ0v) is 18.3. The van der Waals surface area contributed by atoms with Crippen molar-refractivity contribution in [1.29, 1.82) is 0 Å². The summed E-state index contributed by atoms with van der Waals surface area (Å²) in [5, 5.41) is 0. The summed E-state index contributed by atoms with van der Waals surface area (Å²) in [6, 6.07) is 11.6. The lowest BCUT2D eigenvalue weighted by atomic mass is 9.83. The summed E-state index contributed by atoms with van der Waals surface area (Å²) in [4.78, 5) is 15.0. The van der Waals surface area contributed by atoms with Crippen LogP contribution in [0.4, 0.5) is 0 Å². The molecule has 0 saturated carbocycles. The van der Waals surface area contributed by atoms with Gasteiger partial charge in [0, 0.05) is 24.7 Å². The van der Waals surface area contributed by atoms with Crippen LogP contribution in [0.5, 0.6) is 23.0 Å². The molecule has 0 saturated heterocycles. The molecule has 0 N–H and O–H groups in total. The van der Waals surface area contributed by atoms with Crippen molar-refractivity contribution in [1.82, 2.24) is 4.90 Å². The van der Waals surface area contributed by atoms with E-state index in [0.29, 0.717) is 18.0 Å². The third kappa shape index (κ3) is 3.39. The molecule has 32 heavy (non-hydrogen) atoms. The second-order valence-electron chi connectivity index (χ2n) is 7.95. The minimum atomic E-state index is -0.537. The van der Waals surface area contributed by atoms with Gasteiger partial charge in [-0.1, -0.05) is 6.07 Å². The van der Waals surface area contributed by atoms with E-state index < -0.39 is 5.97 Å². The van der Waals surface area contributed by atoms with Crippen molar-refractivity contribution in [3.8, 4) is 23.0 Å². The van der Waals surface area contributed by atoms with E-state index in [9.17, 15) is 4.79 Å². The molecule has 1 atom stereocenters. The van der Waals surface area contributed by atoms with E-state index in [0.717, 1.165) is 42.0 Å². The SMILES string of the molecule is COc1cc2c(cc1OC)C1Cc3ccc(OC)c(OC(=O)c4ccco4)c3CN1CC2. The Bertz CT molecular complexity index is 1150. The highest BCUT2D eigenvalue weighted by molar-refractivity contribution is 5.88. The number of carbonyl (C=O) groups is 1. The molecule has 0 aliphatic carbocycles. The molecule has 2 aliphatic heterocycles. The molecule has 1 aromatic heterocycles. The Morgan fingerprint density at radius 1 is 1.00 bits per heavy atom. The van der Waals surface area contributed by atoms with Crippen molar-refractivity contribution >= 4 is 5.97 Å². The molecule has 5 rings (SSSR count). The molecule has 0 fully saturated rings. The van der Waals surface area contributed by atoms with Crippen LogP contribution in [0, 0.1) is 0 Å². The van der Waals surface area contributed by atoms with Crippen LogP contribution in [0.25, 0.3) is 0 Å². The van der Waals surface area contributed by atoms with Gasteiger partial charge in [0.05, 0.1) is 27.6 Å². The molecule has 7 heteroatoms. The smallest absolute Gasteiger partial charge is 0.379 e. The lowest BCUT2D eigenvalue weighted by Gasteiger charge is -2.42. The van der Waals surface area contributed by atoms with E-state index in [1.54, 1.807) is 33.5 Å². The molecular weight excluding hydrogens is 410 g/mol. The highest BCUT2D eigenvalue weighted by atomic mass is 16.6. The molecule has 166 valence electrons. The van der Waals surface area contributed by atoms with Crippen molar-refractivity contribution in [2.75, 3.05) is 27.9 Å². The molecule has 7 nitrogen and oxygen atoms in total. The molecule has 0 spiro atoms. The van der Waals surface area contributed by atoms with Gasteiger partial charge in [-0.25, -0.2) is 4.79 Å². The van der Waals surface area contributed by atoms with Gasteiger partial charge < -0.3 is 23.4 Å². The zero-order valence-electron chi connectivity index (χ0n) is 18.3. The lowest BCUT2D eigenvalue weighted by molar-refractivity contribution is 0.0689. The lowest BCUT2D eigenvalue weighted by Crippen LogP contribution is -2.39. The fraction of sp³-hybridized carbons (Fsp3) is 0.320. The van der Waals surface area contributed by atoms with E-state index in [1.165, 1.54) is 17.4 Å². The molecule has 0 bridgehead atoms. The first-order valence-electron chi connectivity index (χ1n) is 10.6. The first kappa shape index (κ1) is 20.5. The quantitative estimate of drug-likeness (QED) is 0.440. The Hall–Kier alpha value is -3.45. The predicted octanol–water partition coefficient (Wildman–Crippen LogP) is 4.18. The number of furan rings is 1. The molecule has 3 aromatic rings. The molecule has 2 aromatic carbocycles. The van der Waals surface area contributed by atoms with Crippen LogP contribution in [-0.4, -0.2) is 38.7 Å². The highest BCUT2D eigenvalue weighted by Crippen LogP contribution is 2.46. The largest absolute Gasteiger partial charge is 0.493 e. The van der Waals surface area contributed by atoms with Crippen LogP contribution in [0.15, 0.2) is 47.1 Å². The third-order valence-corrected chi connectivity index (χ3v) is 6.35. The number of carbonyl (C=O) groups excluding carboxylic acids is 1. The average Bonchev–Trinajstić information content (AvgIpc) is 3.37. The number of benzene rings is 2. The first-order valence-corrected chi connectivity index (χ1v) is 10.6.